The second-order valence-corrected chi connectivity index (χ2v) is 8.15. The number of aromatic nitrogens is 2. The Morgan fingerprint density at radius 2 is 1.88 bits per heavy atom. The molecule has 3 aromatic rings. The fraction of sp³-hybridized carbons (Fsp3) is 0.211. The Hall–Kier alpha value is -3.58. The van der Waals surface area contributed by atoms with Gasteiger partial charge in [-0.15, -0.1) is 22.7 Å². The number of carboxylic acids is 1. The van der Waals surface area contributed by atoms with Crippen LogP contribution in [0.2, 0.25) is 0 Å². The molecule has 0 aliphatic carbocycles. The summed E-state index contributed by atoms with van der Waals surface area (Å²) in [6.45, 7) is 1.97. The zero-order chi connectivity index (χ0) is 23.4. The third-order valence-electron chi connectivity index (χ3n) is 4.14. The van der Waals surface area contributed by atoms with Crippen LogP contribution in [-0.2, 0) is 16.0 Å². The lowest BCUT2D eigenvalue weighted by Gasteiger charge is -2.10. The molecule has 2 aromatic heterocycles. The van der Waals surface area contributed by atoms with Crippen molar-refractivity contribution in [2.45, 2.75) is 13.5 Å². The van der Waals surface area contributed by atoms with Gasteiger partial charge in [0.2, 0.25) is 0 Å². The maximum absolute atomic E-state index is 14.7. The average molecular weight is 480 g/mol. The first-order chi connectivity index (χ1) is 15.2. The molecule has 32 heavy (non-hydrogen) atoms. The van der Waals surface area contributed by atoms with E-state index < -0.39 is 29.5 Å². The number of hydrogen-bond acceptors (Lipinski definition) is 9. The third-order valence-corrected chi connectivity index (χ3v) is 6.19. The SMILES string of the molecule is COC(=O)NCc1nc(C)c(-c2csc(-c3cc(NC(=O)OC)c(C(=O)O)cc3F)n2)s1. The van der Waals surface area contributed by atoms with E-state index in [9.17, 15) is 23.9 Å². The van der Waals surface area contributed by atoms with Crippen LogP contribution in [0.15, 0.2) is 17.5 Å². The molecule has 0 aliphatic rings. The van der Waals surface area contributed by atoms with Crippen LogP contribution >= 0.6 is 22.7 Å². The minimum Gasteiger partial charge on any atom is -0.478 e. The summed E-state index contributed by atoms with van der Waals surface area (Å²) in [5.74, 6) is -2.21. The van der Waals surface area contributed by atoms with Crippen molar-refractivity contribution < 1.29 is 33.4 Å². The maximum atomic E-state index is 14.7. The average Bonchev–Trinajstić information content (AvgIpc) is 3.39. The van der Waals surface area contributed by atoms with Crippen LogP contribution < -0.4 is 10.6 Å². The number of ether oxygens (including phenoxy) is 2. The molecule has 0 saturated carbocycles. The summed E-state index contributed by atoms with van der Waals surface area (Å²) < 4.78 is 23.7. The summed E-state index contributed by atoms with van der Waals surface area (Å²) in [7, 11) is 2.39. The van der Waals surface area contributed by atoms with E-state index in [0.29, 0.717) is 16.4 Å². The second-order valence-electron chi connectivity index (χ2n) is 6.20. The van der Waals surface area contributed by atoms with Gasteiger partial charge < -0.3 is 19.9 Å². The van der Waals surface area contributed by atoms with Crippen molar-refractivity contribution in [1.82, 2.24) is 15.3 Å². The van der Waals surface area contributed by atoms with Crippen LogP contribution in [0.4, 0.5) is 19.7 Å². The number of aryl methyl sites for hydroxylation is 1. The van der Waals surface area contributed by atoms with E-state index in [0.717, 1.165) is 29.4 Å². The number of amides is 2. The minimum atomic E-state index is -1.41. The number of carbonyl (C=O) groups excluding carboxylic acids is 2. The summed E-state index contributed by atoms with van der Waals surface area (Å²) in [4.78, 5) is 43.8. The molecule has 0 saturated heterocycles. The topological polar surface area (TPSA) is 140 Å². The Morgan fingerprint density at radius 1 is 1.16 bits per heavy atom. The van der Waals surface area contributed by atoms with E-state index in [1.807, 2.05) is 0 Å². The predicted molar refractivity (Wildman–Crippen MR) is 116 cm³/mol. The molecule has 2 heterocycles. The number of benzene rings is 1. The molecule has 0 atom stereocenters. The molecule has 3 rings (SSSR count). The summed E-state index contributed by atoms with van der Waals surface area (Å²) >= 11 is 2.46. The molecule has 0 aliphatic heterocycles. The number of aromatic carboxylic acids is 1. The lowest BCUT2D eigenvalue weighted by Crippen LogP contribution is -2.22. The smallest absolute Gasteiger partial charge is 0.411 e. The van der Waals surface area contributed by atoms with Crippen molar-refractivity contribution in [3.8, 4) is 21.1 Å². The molecule has 1 aromatic carbocycles. The number of nitrogens with one attached hydrogen (secondary N) is 2. The minimum absolute atomic E-state index is 0.0207. The lowest BCUT2D eigenvalue weighted by atomic mass is 10.1. The largest absolute Gasteiger partial charge is 0.478 e. The summed E-state index contributed by atoms with van der Waals surface area (Å²) in [5.41, 5.74) is 0.710. The molecule has 168 valence electrons. The number of carboxylic acid groups (broad SMARTS) is 1. The maximum Gasteiger partial charge on any atom is 0.411 e. The molecular weight excluding hydrogens is 463 g/mol. The zero-order valence-electron chi connectivity index (χ0n) is 17.0. The first-order valence-electron chi connectivity index (χ1n) is 8.89. The van der Waals surface area contributed by atoms with Crippen LogP contribution in [0.5, 0.6) is 0 Å². The van der Waals surface area contributed by atoms with Crippen molar-refractivity contribution in [2.75, 3.05) is 19.5 Å². The van der Waals surface area contributed by atoms with Crippen LogP contribution in [-0.4, -0.2) is 47.4 Å². The van der Waals surface area contributed by atoms with Crippen LogP contribution in [0, 0.1) is 12.7 Å². The Labute approximate surface area is 189 Å². The molecule has 0 bridgehead atoms. The van der Waals surface area contributed by atoms with Crippen LogP contribution in [0.3, 0.4) is 0 Å². The van der Waals surface area contributed by atoms with Gasteiger partial charge in [0.25, 0.3) is 0 Å². The van der Waals surface area contributed by atoms with Crippen molar-refractivity contribution in [2.24, 2.45) is 0 Å². The highest BCUT2D eigenvalue weighted by molar-refractivity contribution is 7.16. The number of alkyl carbamates (subject to hydrolysis) is 1. The molecule has 0 unspecified atom stereocenters. The number of halogens is 1. The number of nitrogens with zero attached hydrogens (tertiary/aromatic N) is 2. The van der Waals surface area contributed by atoms with Crippen molar-refractivity contribution in [1.29, 1.82) is 0 Å². The summed E-state index contributed by atoms with van der Waals surface area (Å²) in [6.07, 6.45) is -1.47. The summed E-state index contributed by atoms with van der Waals surface area (Å²) in [5, 5.41) is 16.8. The number of methoxy groups -OCH3 is 2. The van der Waals surface area contributed by atoms with E-state index in [1.54, 1.807) is 12.3 Å². The first kappa shape index (κ1) is 23.1. The second kappa shape index (κ2) is 9.70. The van der Waals surface area contributed by atoms with Gasteiger partial charge in [0.1, 0.15) is 15.8 Å². The molecule has 10 nitrogen and oxygen atoms in total. The highest BCUT2D eigenvalue weighted by atomic mass is 32.1. The molecule has 0 spiro atoms. The van der Waals surface area contributed by atoms with Crippen LogP contribution in [0.25, 0.3) is 21.1 Å². The molecule has 2 amide bonds. The molecular formula is C19H17FN4O6S2. The van der Waals surface area contributed by atoms with E-state index in [4.69, 9.17) is 0 Å². The van der Waals surface area contributed by atoms with Gasteiger partial charge >= 0.3 is 18.2 Å². The molecule has 13 heteroatoms. The van der Waals surface area contributed by atoms with Gasteiger partial charge in [-0.05, 0) is 19.1 Å². The first-order valence-corrected chi connectivity index (χ1v) is 10.6. The Kier molecular flexibility index (Phi) is 7.00. The fourth-order valence-corrected chi connectivity index (χ4v) is 4.53. The summed E-state index contributed by atoms with van der Waals surface area (Å²) in [6, 6.07) is 2.02. The van der Waals surface area contributed by atoms with Gasteiger partial charge in [-0.3, -0.25) is 5.32 Å². The van der Waals surface area contributed by atoms with Crippen LogP contribution in [0.1, 0.15) is 21.1 Å². The van der Waals surface area contributed by atoms with E-state index in [1.165, 1.54) is 24.5 Å². The number of rotatable bonds is 6. The monoisotopic (exact) mass is 480 g/mol. The van der Waals surface area contributed by atoms with Crippen molar-refractivity contribution >= 4 is 46.5 Å². The van der Waals surface area contributed by atoms with E-state index in [-0.39, 0.29) is 22.8 Å². The lowest BCUT2D eigenvalue weighted by molar-refractivity contribution is 0.0697. The van der Waals surface area contributed by atoms with Gasteiger partial charge in [0, 0.05) is 10.9 Å². The third kappa shape index (κ3) is 5.00. The van der Waals surface area contributed by atoms with Gasteiger partial charge in [-0.2, -0.15) is 0 Å². The number of anilines is 1. The highest BCUT2D eigenvalue weighted by Gasteiger charge is 2.21. The van der Waals surface area contributed by atoms with Gasteiger partial charge in [0.15, 0.2) is 0 Å². The predicted octanol–water partition coefficient (Wildman–Crippen LogP) is 4.11. The Bertz CT molecular complexity index is 1190. The normalized spacial score (nSPS) is 10.5. The van der Waals surface area contributed by atoms with Gasteiger partial charge in [0.05, 0.1) is 48.3 Å². The fourth-order valence-electron chi connectivity index (χ4n) is 2.67. The van der Waals surface area contributed by atoms with Gasteiger partial charge in [-0.25, -0.2) is 28.7 Å². The molecule has 0 fully saturated rings. The number of thiazole rings is 2. The van der Waals surface area contributed by atoms with Crippen molar-refractivity contribution in [3.05, 3.63) is 39.6 Å². The number of hydrogen-bond donors (Lipinski definition) is 3. The Balaban J connectivity index is 1.94. The molecule has 3 N–H and O–H groups in total. The number of carbonyl (C=O) groups is 3. The standard InChI is InChI=1S/C19H17FN4O6S2/c1-8-15(32-14(22-8)6-21-18(27)29-2)13-7-31-16(23-13)9-5-12(24-19(28)30-3)10(17(25)26)4-11(9)20/h4-5,7H,6H2,1-3H3,(H,21,27)(H,24,28)(H,25,26). The zero-order valence-corrected chi connectivity index (χ0v) is 18.6. The Morgan fingerprint density at radius 3 is 2.53 bits per heavy atom. The van der Waals surface area contributed by atoms with E-state index in [2.05, 4.69) is 30.1 Å². The van der Waals surface area contributed by atoms with Gasteiger partial charge in [-0.1, -0.05) is 0 Å². The molecule has 0 radical (unpaired) electrons. The van der Waals surface area contributed by atoms with E-state index >= 15 is 0 Å². The van der Waals surface area contributed by atoms with Crippen molar-refractivity contribution in [3.63, 3.8) is 0 Å². The quantitative estimate of drug-likeness (QED) is 0.479. The highest BCUT2D eigenvalue weighted by Crippen LogP contribution is 2.36.